The van der Waals surface area contributed by atoms with Crippen LogP contribution in [0.1, 0.15) is 33.6 Å². The number of hydrogen-bond donors (Lipinski definition) is 1. The molecular weight excluding hydrogens is 330 g/mol. The Hall–Kier alpha value is -2.21. The van der Waals surface area contributed by atoms with E-state index in [0.29, 0.717) is 31.3 Å². The van der Waals surface area contributed by atoms with Gasteiger partial charge in [0.2, 0.25) is 5.88 Å². The first-order chi connectivity index (χ1) is 12.4. The fourth-order valence-corrected chi connectivity index (χ4v) is 3.56. The molecule has 26 heavy (non-hydrogen) atoms. The van der Waals surface area contributed by atoms with Crippen LogP contribution in [0, 0.1) is 11.8 Å². The van der Waals surface area contributed by atoms with Crippen molar-refractivity contribution in [3.63, 3.8) is 0 Å². The molecule has 0 spiro atoms. The van der Waals surface area contributed by atoms with Crippen molar-refractivity contribution in [2.45, 2.75) is 39.2 Å². The van der Waals surface area contributed by atoms with Crippen molar-refractivity contribution in [3.05, 3.63) is 30.6 Å². The van der Waals surface area contributed by atoms with E-state index in [1.165, 1.54) is 6.33 Å². The quantitative estimate of drug-likeness (QED) is 0.890. The highest BCUT2D eigenvalue weighted by Crippen LogP contribution is 2.32. The molecule has 6 heteroatoms. The van der Waals surface area contributed by atoms with Gasteiger partial charge in [-0.05, 0) is 37.8 Å². The van der Waals surface area contributed by atoms with Gasteiger partial charge >= 0.3 is 0 Å². The number of piperidine rings is 1. The van der Waals surface area contributed by atoms with Crippen molar-refractivity contribution in [3.8, 4) is 5.88 Å². The maximum atomic E-state index is 12.6. The standard InChI is InChI=1S/C20H27N3O3/c1-14(2)10-15-11-23(9-8-20(15,3)25)18(24)12-26-19-16-6-4-5-7-17(16)21-13-22-19/h4-7,13-15,25H,8-12H2,1-3H3/t15-,20+/m0/s1. The van der Waals surface area contributed by atoms with Gasteiger partial charge in [-0.3, -0.25) is 4.79 Å². The normalized spacial score (nSPS) is 23.4. The van der Waals surface area contributed by atoms with Crippen molar-refractivity contribution >= 4 is 16.8 Å². The molecule has 0 unspecified atom stereocenters. The van der Waals surface area contributed by atoms with Crippen LogP contribution in [0.15, 0.2) is 30.6 Å². The number of carbonyl (C=O) groups is 1. The molecule has 1 aliphatic rings. The molecule has 1 aromatic heterocycles. The Balaban J connectivity index is 1.64. The van der Waals surface area contributed by atoms with Gasteiger partial charge in [-0.1, -0.05) is 26.0 Å². The number of fused-ring (bicyclic) bond motifs is 1. The average Bonchev–Trinajstić information content (AvgIpc) is 2.61. The summed E-state index contributed by atoms with van der Waals surface area (Å²) in [4.78, 5) is 22.8. The number of hydrogen-bond acceptors (Lipinski definition) is 5. The predicted molar refractivity (Wildman–Crippen MR) is 99.8 cm³/mol. The van der Waals surface area contributed by atoms with Crippen LogP contribution in [0.25, 0.3) is 10.9 Å². The van der Waals surface area contributed by atoms with Crippen molar-refractivity contribution < 1.29 is 14.6 Å². The number of benzene rings is 1. The van der Waals surface area contributed by atoms with Gasteiger partial charge in [-0.15, -0.1) is 0 Å². The zero-order valence-corrected chi connectivity index (χ0v) is 15.7. The van der Waals surface area contributed by atoms with Gasteiger partial charge in [0.15, 0.2) is 6.61 Å². The minimum Gasteiger partial charge on any atom is -0.467 e. The van der Waals surface area contributed by atoms with Gasteiger partial charge in [-0.25, -0.2) is 9.97 Å². The summed E-state index contributed by atoms with van der Waals surface area (Å²) in [5, 5.41) is 11.4. The number of rotatable bonds is 5. The molecule has 3 rings (SSSR count). The largest absolute Gasteiger partial charge is 0.467 e. The maximum Gasteiger partial charge on any atom is 0.260 e. The van der Waals surface area contributed by atoms with E-state index < -0.39 is 5.60 Å². The summed E-state index contributed by atoms with van der Waals surface area (Å²) >= 11 is 0. The second-order valence-corrected chi connectivity index (χ2v) is 7.76. The fourth-order valence-electron chi connectivity index (χ4n) is 3.56. The SMILES string of the molecule is CC(C)C[C@H]1CN(C(=O)COc2ncnc3ccccc23)CC[C@@]1(C)O. The Labute approximate surface area is 154 Å². The summed E-state index contributed by atoms with van der Waals surface area (Å²) in [6.45, 7) is 7.22. The third-order valence-corrected chi connectivity index (χ3v) is 5.16. The smallest absolute Gasteiger partial charge is 0.260 e. The molecule has 2 heterocycles. The lowest BCUT2D eigenvalue weighted by molar-refractivity contribution is -0.141. The highest BCUT2D eigenvalue weighted by atomic mass is 16.5. The van der Waals surface area contributed by atoms with Crippen LogP contribution in [0.2, 0.25) is 0 Å². The van der Waals surface area contributed by atoms with E-state index in [-0.39, 0.29) is 18.4 Å². The number of ether oxygens (including phenoxy) is 1. The van der Waals surface area contributed by atoms with Gasteiger partial charge in [-0.2, -0.15) is 0 Å². The van der Waals surface area contributed by atoms with Gasteiger partial charge in [0, 0.05) is 19.0 Å². The van der Waals surface area contributed by atoms with Crippen molar-refractivity contribution in [2.24, 2.45) is 11.8 Å². The molecule has 140 valence electrons. The molecule has 0 radical (unpaired) electrons. The van der Waals surface area contributed by atoms with Crippen LogP contribution >= 0.6 is 0 Å². The molecule has 1 aromatic carbocycles. The Bertz CT molecular complexity index is 770. The molecule has 1 N–H and O–H groups in total. The zero-order chi connectivity index (χ0) is 18.7. The summed E-state index contributed by atoms with van der Waals surface area (Å²) in [5.41, 5.74) is 0.0704. The topological polar surface area (TPSA) is 75.6 Å². The molecule has 2 aromatic rings. The van der Waals surface area contributed by atoms with Crippen LogP contribution in [-0.4, -0.2) is 51.2 Å². The molecule has 0 saturated carbocycles. The first-order valence-corrected chi connectivity index (χ1v) is 9.19. The summed E-state index contributed by atoms with van der Waals surface area (Å²) in [7, 11) is 0. The van der Waals surface area contributed by atoms with Crippen LogP contribution in [-0.2, 0) is 4.79 Å². The summed E-state index contributed by atoms with van der Waals surface area (Å²) < 4.78 is 5.70. The Kier molecular flexibility index (Phi) is 5.41. The second-order valence-electron chi connectivity index (χ2n) is 7.76. The molecule has 0 aliphatic carbocycles. The number of aromatic nitrogens is 2. The minimum atomic E-state index is -0.717. The lowest BCUT2D eigenvalue weighted by Crippen LogP contribution is -2.53. The Morgan fingerprint density at radius 3 is 2.92 bits per heavy atom. The van der Waals surface area contributed by atoms with E-state index in [4.69, 9.17) is 4.74 Å². The number of nitrogens with zero attached hydrogens (tertiary/aromatic N) is 3. The number of aliphatic hydroxyl groups is 1. The third kappa shape index (κ3) is 4.12. The van der Waals surface area contributed by atoms with E-state index in [0.717, 1.165) is 17.3 Å². The monoisotopic (exact) mass is 357 g/mol. The first kappa shape index (κ1) is 18.6. The maximum absolute atomic E-state index is 12.6. The van der Waals surface area contributed by atoms with Gasteiger partial charge < -0.3 is 14.7 Å². The molecule has 1 aliphatic heterocycles. The van der Waals surface area contributed by atoms with E-state index in [1.54, 1.807) is 4.90 Å². The molecule has 2 atom stereocenters. The lowest BCUT2D eigenvalue weighted by atomic mass is 9.78. The first-order valence-electron chi connectivity index (χ1n) is 9.19. The van der Waals surface area contributed by atoms with Crippen molar-refractivity contribution in [1.82, 2.24) is 14.9 Å². The van der Waals surface area contributed by atoms with Crippen LogP contribution in [0.5, 0.6) is 5.88 Å². The van der Waals surface area contributed by atoms with E-state index in [9.17, 15) is 9.90 Å². The van der Waals surface area contributed by atoms with E-state index in [2.05, 4.69) is 23.8 Å². The van der Waals surface area contributed by atoms with Gasteiger partial charge in [0.25, 0.3) is 5.91 Å². The molecule has 1 amide bonds. The fraction of sp³-hybridized carbons (Fsp3) is 0.550. The van der Waals surface area contributed by atoms with E-state index in [1.807, 2.05) is 31.2 Å². The third-order valence-electron chi connectivity index (χ3n) is 5.16. The number of amides is 1. The van der Waals surface area contributed by atoms with Gasteiger partial charge in [0.1, 0.15) is 6.33 Å². The number of likely N-dealkylation sites (tertiary alicyclic amines) is 1. The van der Waals surface area contributed by atoms with Gasteiger partial charge in [0.05, 0.1) is 16.5 Å². The molecule has 6 nitrogen and oxygen atoms in total. The summed E-state index contributed by atoms with van der Waals surface area (Å²) in [6, 6.07) is 7.56. The summed E-state index contributed by atoms with van der Waals surface area (Å²) in [5.74, 6) is 0.911. The lowest BCUT2D eigenvalue weighted by Gasteiger charge is -2.43. The van der Waals surface area contributed by atoms with Crippen LogP contribution in [0.3, 0.4) is 0 Å². The van der Waals surface area contributed by atoms with E-state index >= 15 is 0 Å². The highest BCUT2D eigenvalue weighted by Gasteiger charge is 2.39. The van der Waals surface area contributed by atoms with Crippen LogP contribution in [0.4, 0.5) is 0 Å². The second kappa shape index (κ2) is 7.58. The van der Waals surface area contributed by atoms with Crippen LogP contribution < -0.4 is 4.74 Å². The van der Waals surface area contributed by atoms with Crippen molar-refractivity contribution in [2.75, 3.05) is 19.7 Å². The Morgan fingerprint density at radius 1 is 1.38 bits per heavy atom. The average molecular weight is 357 g/mol. The molecule has 0 bridgehead atoms. The summed E-state index contributed by atoms with van der Waals surface area (Å²) in [6.07, 6.45) is 2.93. The number of para-hydroxylation sites is 1. The predicted octanol–water partition coefficient (Wildman–Crippen LogP) is 2.65. The zero-order valence-electron chi connectivity index (χ0n) is 15.7. The highest BCUT2D eigenvalue weighted by molar-refractivity contribution is 5.84. The molecular formula is C20H27N3O3. The Morgan fingerprint density at radius 2 is 2.15 bits per heavy atom. The minimum absolute atomic E-state index is 0.0580. The molecule has 1 saturated heterocycles. The number of carbonyl (C=O) groups excluding carboxylic acids is 1. The van der Waals surface area contributed by atoms with Crippen molar-refractivity contribution in [1.29, 1.82) is 0 Å². The molecule has 1 fully saturated rings.